The molecule has 19 heavy (non-hydrogen) atoms. The van der Waals surface area contributed by atoms with Crippen LogP contribution < -0.4 is 0 Å². The van der Waals surface area contributed by atoms with Crippen LogP contribution in [0.25, 0.3) is 22.2 Å². The predicted octanol–water partition coefficient (Wildman–Crippen LogP) is 3.19. The van der Waals surface area contributed by atoms with Gasteiger partial charge in [0.1, 0.15) is 0 Å². The van der Waals surface area contributed by atoms with Gasteiger partial charge in [-0.25, -0.2) is 4.98 Å². The maximum Gasteiger partial charge on any atom is 0.0963 e. The van der Waals surface area contributed by atoms with Crippen LogP contribution in [0.2, 0.25) is 0 Å². The summed E-state index contributed by atoms with van der Waals surface area (Å²) in [4.78, 5) is 4.51. The molecule has 0 radical (unpaired) electrons. The van der Waals surface area contributed by atoms with Crippen molar-refractivity contribution in [1.29, 1.82) is 0 Å². The molecule has 0 aliphatic heterocycles. The van der Waals surface area contributed by atoms with Gasteiger partial charge in [-0.05, 0) is 38.5 Å². The number of aryl methyl sites for hydroxylation is 1. The summed E-state index contributed by atoms with van der Waals surface area (Å²) in [5.41, 5.74) is 4.51. The minimum atomic E-state index is 0.0462. The van der Waals surface area contributed by atoms with Crippen molar-refractivity contribution in [1.82, 2.24) is 19.3 Å². The van der Waals surface area contributed by atoms with E-state index in [0.29, 0.717) is 0 Å². The Morgan fingerprint density at radius 3 is 2.53 bits per heavy atom. The largest absolute Gasteiger partial charge is 0.325 e. The lowest BCUT2D eigenvalue weighted by molar-refractivity contribution is 0.408. The van der Waals surface area contributed by atoms with Crippen molar-refractivity contribution in [3.63, 3.8) is 0 Å². The van der Waals surface area contributed by atoms with Gasteiger partial charge >= 0.3 is 0 Å². The van der Waals surface area contributed by atoms with Crippen LogP contribution in [-0.4, -0.2) is 19.3 Å². The highest BCUT2D eigenvalue weighted by atomic mass is 15.2. The van der Waals surface area contributed by atoms with Crippen LogP contribution in [0.3, 0.4) is 0 Å². The Kier molecular flexibility index (Phi) is 2.49. The molecule has 0 bridgehead atoms. The third-order valence-corrected chi connectivity index (χ3v) is 3.31. The van der Waals surface area contributed by atoms with Crippen molar-refractivity contribution in [3.05, 3.63) is 36.9 Å². The molecule has 0 spiro atoms. The molecule has 2 aromatic heterocycles. The third-order valence-electron chi connectivity index (χ3n) is 3.31. The van der Waals surface area contributed by atoms with Gasteiger partial charge in [-0.1, -0.05) is 6.07 Å². The zero-order valence-corrected chi connectivity index (χ0v) is 11.8. The van der Waals surface area contributed by atoms with Crippen molar-refractivity contribution >= 4 is 11.0 Å². The van der Waals surface area contributed by atoms with Crippen molar-refractivity contribution in [2.24, 2.45) is 7.05 Å². The number of fused-ring (bicyclic) bond motifs is 1. The van der Waals surface area contributed by atoms with Crippen molar-refractivity contribution < 1.29 is 0 Å². The molecule has 1 aromatic carbocycles. The smallest absolute Gasteiger partial charge is 0.0963 e. The molecule has 0 amide bonds. The topological polar surface area (TPSA) is 35.6 Å². The zero-order chi connectivity index (χ0) is 13.6. The number of imidazole rings is 1. The lowest BCUT2D eigenvalue weighted by Gasteiger charge is -2.21. The maximum absolute atomic E-state index is 4.51. The average Bonchev–Trinajstić information content (AvgIpc) is 2.92. The number of aromatic nitrogens is 4. The lowest BCUT2D eigenvalue weighted by atomic mass is 10.1. The molecule has 0 aliphatic rings. The first-order valence-corrected chi connectivity index (χ1v) is 6.42. The first-order chi connectivity index (χ1) is 8.95. The highest BCUT2D eigenvalue weighted by Gasteiger charge is 2.16. The quantitative estimate of drug-likeness (QED) is 0.668. The summed E-state index contributed by atoms with van der Waals surface area (Å²) in [7, 11) is 1.93. The Morgan fingerprint density at radius 1 is 1.11 bits per heavy atom. The molecule has 0 unspecified atom stereocenters. The number of rotatable bonds is 1. The fourth-order valence-corrected chi connectivity index (χ4v) is 2.30. The van der Waals surface area contributed by atoms with Gasteiger partial charge in [0, 0.05) is 24.3 Å². The molecular weight excluding hydrogens is 236 g/mol. The van der Waals surface area contributed by atoms with Crippen LogP contribution >= 0.6 is 0 Å². The van der Waals surface area contributed by atoms with Gasteiger partial charge in [0.2, 0.25) is 0 Å². The van der Waals surface area contributed by atoms with Crippen LogP contribution in [0.4, 0.5) is 0 Å². The second-order valence-electron chi connectivity index (χ2n) is 5.89. The minimum Gasteiger partial charge on any atom is -0.325 e. The standard InChI is InChI=1S/C15H18N4/c1-15(2,3)19-10-16-13-7-11(5-6-14(13)19)12-8-17-18(4)9-12/h5-10H,1-4H3. The Hall–Kier alpha value is -2.10. The Bertz CT molecular complexity index is 728. The molecule has 3 rings (SSSR count). The van der Waals surface area contributed by atoms with Crippen molar-refractivity contribution in [3.8, 4) is 11.1 Å². The maximum atomic E-state index is 4.51. The average molecular weight is 254 g/mol. The minimum absolute atomic E-state index is 0.0462. The van der Waals surface area contributed by atoms with E-state index in [1.54, 1.807) is 0 Å². The molecule has 4 nitrogen and oxygen atoms in total. The SMILES string of the molecule is Cn1cc(-c2ccc3c(c2)ncn3C(C)(C)C)cn1. The summed E-state index contributed by atoms with van der Waals surface area (Å²) in [6.45, 7) is 6.55. The van der Waals surface area contributed by atoms with Gasteiger partial charge in [-0.3, -0.25) is 4.68 Å². The normalized spacial score (nSPS) is 12.2. The highest BCUT2D eigenvalue weighted by molar-refractivity contribution is 5.82. The third kappa shape index (κ3) is 2.03. The Balaban J connectivity index is 2.13. The summed E-state index contributed by atoms with van der Waals surface area (Å²) < 4.78 is 4.02. The van der Waals surface area contributed by atoms with Crippen LogP contribution in [0.5, 0.6) is 0 Å². The molecule has 98 valence electrons. The van der Waals surface area contributed by atoms with Gasteiger partial charge in [-0.2, -0.15) is 5.10 Å². The van der Waals surface area contributed by atoms with E-state index in [4.69, 9.17) is 0 Å². The number of hydrogen-bond acceptors (Lipinski definition) is 2. The summed E-state index contributed by atoms with van der Waals surface area (Å²) >= 11 is 0. The Morgan fingerprint density at radius 2 is 1.89 bits per heavy atom. The molecule has 3 aromatic rings. The molecule has 2 heterocycles. The summed E-state index contributed by atoms with van der Waals surface area (Å²) in [6, 6.07) is 6.38. The zero-order valence-electron chi connectivity index (χ0n) is 11.8. The first-order valence-electron chi connectivity index (χ1n) is 6.42. The van der Waals surface area contributed by atoms with E-state index in [1.165, 1.54) is 5.52 Å². The first kappa shape index (κ1) is 12.0. The molecule has 4 heteroatoms. The van der Waals surface area contributed by atoms with E-state index in [2.05, 4.69) is 53.6 Å². The predicted molar refractivity (Wildman–Crippen MR) is 76.9 cm³/mol. The summed E-state index contributed by atoms with van der Waals surface area (Å²) in [5, 5.41) is 4.21. The monoisotopic (exact) mass is 254 g/mol. The molecule has 0 saturated carbocycles. The molecule has 0 fully saturated rings. The molecule has 0 aliphatic carbocycles. The second-order valence-corrected chi connectivity index (χ2v) is 5.89. The van der Waals surface area contributed by atoms with Crippen LogP contribution in [-0.2, 0) is 12.6 Å². The van der Waals surface area contributed by atoms with E-state index in [-0.39, 0.29) is 5.54 Å². The van der Waals surface area contributed by atoms with E-state index in [9.17, 15) is 0 Å². The van der Waals surface area contributed by atoms with Gasteiger partial charge in [0.15, 0.2) is 0 Å². The van der Waals surface area contributed by atoms with Crippen molar-refractivity contribution in [2.45, 2.75) is 26.3 Å². The number of nitrogens with zero attached hydrogens (tertiary/aromatic N) is 4. The van der Waals surface area contributed by atoms with Crippen LogP contribution in [0.15, 0.2) is 36.9 Å². The second kappa shape index (κ2) is 3.95. The molecule has 0 saturated heterocycles. The van der Waals surface area contributed by atoms with E-state index < -0.39 is 0 Å². The van der Waals surface area contributed by atoms with Crippen molar-refractivity contribution in [2.75, 3.05) is 0 Å². The van der Waals surface area contributed by atoms with Crippen LogP contribution in [0, 0.1) is 0 Å². The highest BCUT2D eigenvalue weighted by Crippen LogP contribution is 2.26. The number of hydrogen-bond donors (Lipinski definition) is 0. The van der Waals surface area contributed by atoms with Crippen LogP contribution in [0.1, 0.15) is 20.8 Å². The lowest BCUT2D eigenvalue weighted by Crippen LogP contribution is -2.20. The molecular formula is C15H18N4. The van der Waals surface area contributed by atoms with Gasteiger partial charge < -0.3 is 4.57 Å². The molecule has 0 N–H and O–H groups in total. The summed E-state index contributed by atoms with van der Waals surface area (Å²) in [6.07, 6.45) is 5.81. The van der Waals surface area contributed by atoms with E-state index in [0.717, 1.165) is 16.6 Å². The fraction of sp³-hybridized carbons (Fsp3) is 0.333. The fourth-order valence-electron chi connectivity index (χ4n) is 2.30. The number of benzene rings is 1. The van der Waals surface area contributed by atoms with Gasteiger partial charge in [0.05, 0.1) is 23.6 Å². The molecule has 0 atom stereocenters. The van der Waals surface area contributed by atoms with E-state index in [1.807, 2.05) is 30.5 Å². The van der Waals surface area contributed by atoms with Gasteiger partial charge in [0.25, 0.3) is 0 Å². The Labute approximate surface area is 112 Å². The van der Waals surface area contributed by atoms with E-state index >= 15 is 0 Å². The van der Waals surface area contributed by atoms with Gasteiger partial charge in [-0.15, -0.1) is 0 Å². The summed E-state index contributed by atoms with van der Waals surface area (Å²) in [5.74, 6) is 0.